The quantitative estimate of drug-likeness (QED) is 0.612. The van der Waals surface area contributed by atoms with Gasteiger partial charge in [-0.25, -0.2) is 0 Å². The second kappa shape index (κ2) is 4.65. The van der Waals surface area contributed by atoms with Gasteiger partial charge in [0.1, 0.15) is 0 Å². The molecular formula is C6H12NO3P. The third kappa shape index (κ3) is 3.65. The van der Waals surface area contributed by atoms with E-state index in [-0.39, 0.29) is 6.16 Å². The normalized spacial score (nSPS) is 26.0. The Balaban J connectivity index is 2.25. The highest BCUT2D eigenvalue weighted by atomic mass is 31.1. The van der Waals surface area contributed by atoms with E-state index in [1.54, 1.807) is 0 Å². The van der Waals surface area contributed by atoms with Crippen LogP contribution in [0, 0.1) is 0 Å². The molecule has 1 unspecified atom stereocenters. The molecule has 0 saturated carbocycles. The lowest BCUT2D eigenvalue weighted by Crippen LogP contribution is -2.13. The Hall–Kier alpha value is -0.180. The number of carboxylic acids is 1. The number of rotatable bonds is 2. The van der Waals surface area contributed by atoms with E-state index in [1.807, 2.05) is 0 Å². The molecular weight excluding hydrogens is 165 g/mol. The summed E-state index contributed by atoms with van der Waals surface area (Å²) in [5, 5.41) is 11.3. The SMILES string of the molecule is O=C(O)CP1CCCCON1. The Bertz CT molecular complexity index is 134. The highest BCUT2D eigenvalue weighted by Crippen LogP contribution is 2.32. The van der Waals surface area contributed by atoms with Crippen molar-refractivity contribution < 1.29 is 14.7 Å². The van der Waals surface area contributed by atoms with Gasteiger partial charge in [-0.1, -0.05) is 0 Å². The second-order valence-corrected chi connectivity index (χ2v) is 4.49. The molecule has 1 heterocycles. The number of carboxylic acid groups (broad SMARTS) is 1. The zero-order valence-corrected chi connectivity index (χ0v) is 7.14. The first kappa shape index (κ1) is 8.91. The summed E-state index contributed by atoms with van der Waals surface area (Å²) in [6.07, 6.45) is 3.29. The van der Waals surface area contributed by atoms with E-state index >= 15 is 0 Å². The number of nitrogens with one attached hydrogen (secondary N) is 1. The molecule has 0 bridgehead atoms. The average Bonchev–Trinajstić information content (AvgIpc) is 2.14. The standard InChI is InChI=1S/C6H12NO3P/c8-6(9)5-11-4-2-1-3-10-7-11/h7H,1-5H2,(H,8,9). The van der Waals surface area contributed by atoms with Gasteiger partial charge in [-0.3, -0.25) is 9.63 Å². The first-order valence-corrected chi connectivity index (χ1v) is 5.34. The van der Waals surface area contributed by atoms with E-state index in [2.05, 4.69) is 5.25 Å². The monoisotopic (exact) mass is 177 g/mol. The van der Waals surface area contributed by atoms with Crippen molar-refractivity contribution >= 4 is 14.0 Å². The molecule has 11 heavy (non-hydrogen) atoms. The lowest BCUT2D eigenvalue weighted by molar-refractivity contribution is -0.134. The Kier molecular flexibility index (Phi) is 3.77. The van der Waals surface area contributed by atoms with Crippen molar-refractivity contribution in [1.82, 2.24) is 5.25 Å². The summed E-state index contributed by atoms with van der Waals surface area (Å²) in [6.45, 7) is 0.707. The van der Waals surface area contributed by atoms with E-state index < -0.39 is 14.0 Å². The summed E-state index contributed by atoms with van der Waals surface area (Å²) in [5.74, 6) is -0.742. The molecule has 1 saturated heterocycles. The third-order valence-corrected chi connectivity index (χ3v) is 3.34. The maximum Gasteiger partial charge on any atom is 0.309 e. The minimum absolute atomic E-state index is 0.218. The molecule has 5 heteroatoms. The van der Waals surface area contributed by atoms with Gasteiger partial charge in [0, 0.05) is 8.07 Å². The highest BCUT2D eigenvalue weighted by molar-refractivity contribution is 7.56. The summed E-state index contributed by atoms with van der Waals surface area (Å²) >= 11 is 0. The largest absolute Gasteiger partial charge is 0.481 e. The summed E-state index contributed by atoms with van der Waals surface area (Å²) in [6, 6.07) is 0. The minimum atomic E-state index is -0.742. The van der Waals surface area contributed by atoms with Gasteiger partial charge in [-0.15, -0.1) is 0 Å². The molecule has 64 valence electrons. The fourth-order valence-electron chi connectivity index (χ4n) is 0.934. The molecule has 0 aliphatic carbocycles. The minimum Gasteiger partial charge on any atom is -0.481 e. The van der Waals surface area contributed by atoms with Crippen molar-refractivity contribution in [3.63, 3.8) is 0 Å². The predicted octanol–water partition coefficient (Wildman–Crippen LogP) is 0.783. The molecule has 1 aliphatic rings. The molecule has 0 aromatic heterocycles. The van der Waals surface area contributed by atoms with E-state index in [4.69, 9.17) is 9.94 Å². The van der Waals surface area contributed by atoms with Gasteiger partial charge in [0.05, 0.1) is 12.8 Å². The molecule has 4 nitrogen and oxygen atoms in total. The predicted molar refractivity (Wildman–Crippen MR) is 42.6 cm³/mol. The third-order valence-electron chi connectivity index (χ3n) is 1.44. The average molecular weight is 177 g/mol. The Morgan fingerprint density at radius 3 is 3.18 bits per heavy atom. The fraction of sp³-hybridized carbons (Fsp3) is 0.833. The van der Waals surface area contributed by atoms with Crippen LogP contribution in [0.3, 0.4) is 0 Å². The topological polar surface area (TPSA) is 58.6 Å². The summed E-state index contributed by atoms with van der Waals surface area (Å²) < 4.78 is 0. The van der Waals surface area contributed by atoms with E-state index in [1.165, 1.54) is 0 Å². The molecule has 0 amide bonds. The lowest BCUT2D eigenvalue weighted by Gasteiger charge is -2.11. The molecule has 1 atom stereocenters. The van der Waals surface area contributed by atoms with Crippen LogP contribution in [-0.2, 0) is 9.63 Å². The maximum absolute atomic E-state index is 10.3. The van der Waals surface area contributed by atoms with Gasteiger partial charge >= 0.3 is 5.97 Å². The zero-order chi connectivity index (χ0) is 8.10. The number of hydrogen-bond acceptors (Lipinski definition) is 3. The van der Waals surface area contributed by atoms with Gasteiger partial charge in [0.25, 0.3) is 0 Å². The first-order valence-electron chi connectivity index (χ1n) is 3.63. The fourth-order valence-corrected chi connectivity index (χ4v) is 2.45. The van der Waals surface area contributed by atoms with Gasteiger partial charge in [-0.05, 0) is 19.0 Å². The number of hydrogen-bond donors (Lipinski definition) is 2. The van der Waals surface area contributed by atoms with Crippen LogP contribution in [-0.4, -0.2) is 30.0 Å². The molecule has 0 radical (unpaired) electrons. The van der Waals surface area contributed by atoms with Crippen molar-refractivity contribution in [3.8, 4) is 0 Å². The smallest absolute Gasteiger partial charge is 0.309 e. The van der Waals surface area contributed by atoms with Crippen molar-refractivity contribution in [2.75, 3.05) is 18.9 Å². The van der Waals surface area contributed by atoms with Crippen LogP contribution in [0.4, 0.5) is 0 Å². The van der Waals surface area contributed by atoms with Crippen molar-refractivity contribution in [3.05, 3.63) is 0 Å². The molecule has 2 N–H and O–H groups in total. The lowest BCUT2D eigenvalue weighted by atomic mass is 10.4. The summed E-state index contributed by atoms with van der Waals surface area (Å²) in [7, 11) is -0.610. The molecule has 0 aromatic carbocycles. The highest BCUT2D eigenvalue weighted by Gasteiger charge is 2.14. The zero-order valence-electron chi connectivity index (χ0n) is 6.25. The molecule has 0 spiro atoms. The molecule has 1 fully saturated rings. The van der Waals surface area contributed by atoms with Crippen LogP contribution >= 0.6 is 8.07 Å². The van der Waals surface area contributed by atoms with Crippen LogP contribution in [0.5, 0.6) is 0 Å². The van der Waals surface area contributed by atoms with Crippen molar-refractivity contribution in [2.45, 2.75) is 12.8 Å². The van der Waals surface area contributed by atoms with E-state index in [0.29, 0.717) is 6.61 Å². The summed E-state index contributed by atoms with van der Waals surface area (Å²) in [5.41, 5.74) is 0. The van der Waals surface area contributed by atoms with E-state index in [9.17, 15) is 4.79 Å². The van der Waals surface area contributed by atoms with Gasteiger partial charge < -0.3 is 5.11 Å². The molecule has 0 aromatic rings. The molecule has 1 aliphatic heterocycles. The van der Waals surface area contributed by atoms with Crippen LogP contribution in [0.15, 0.2) is 0 Å². The number of carbonyl (C=O) groups is 1. The maximum atomic E-state index is 10.3. The first-order chi connectivity index (χ1) is 5.29. The Labute approximate surface area is 66.7 Å². The van der Waals surface area contributed by atoms with E-state index in [0.717, 1.165) is 19.0 Å². The van der Waals surface area contributed by atoms with Gasteiger partial charge in [0.2, 0.25) is 0 Å². The second-order valence-electron chi connectivity index (χ2n) is 2.46. The molecule has 1 rings (SSSR count). The van der Waals surface area contributed by atoms with Crippen molar-refractivity contribution in [1.29, 1.82) is 0 Å². The summed E-state index contributed by atoms with van der Waals surface area (Å²) in [4.78, 5) is 15.3. The van der Waals surface area contributed by atoms with Crippen LogP contribution < -0.4 is 5.25 Å². The van der Waals surface area contributed by atoms with Crippen molar-refractivity contribution in [2.24, 2.45) is 0 Å². The van der Waals surface area contributed by atoms with Crippen LogP contribution in [0.2, 0.25) is 0 Å². The van der Waals surface area contributed by atoms with Crippen LogP contribution in [0.25, 0.3) is 0 Å². The number of aliphatic carboxylic acids is 1. The van der Waals surface area contributed by atoms with Crippen LogP contribution in [0.1, 0.15) is 12.8 Å². The van der Waals surface area contributed by atoms with Gasteiger partial charge in [0.15, 0.2) is 0 Å². The Morgan fingerprint density at radius 1 is 1.64 bits per heavy atom. The Morgan fingerprint density at radius 2 is 2.45 bits per heavy atom. The van der Waals surface area contributed by atoms with Gasteiger partial charge in [-0.2, -0.15) is 5.25 Å².